The Morgan fingerprint density at radius 2 is 1.92 bits per heavy atom. The molecule has 130 valence electrons. The number of rotatable bonds is 4. The van der Waals surface area contributed by atoms with Gasteiger partial charge in [0.05, 0.1) is 0 Å². The molecule has 2 saturated carbocycles. The number of carbonyl (C=O) groups is 1. The minimum Gasteiger partial charge on any atom is -0.481 e. The zero-order valence-electron chi connectivity index (χ0n) is 13.0. The highest BCUT2D eigenvalue weighted by Gasteiger charge is 2.56. The fraction of sp³-hybridized carbons (Fsp3) is 0.688. The van der Waals surface area contributed by atoms with Crippen LogP contribution in [0.4, 0.5) is 19.0 Å². The van der Waals surface area contributed by atoms with Crippen molar-refractivity contribution in [2.24, 2.45) is 17.8 Å². The van der Waals surface area contributed by atoms with Crippen LogP contribution >= 0.6 is 0 Å². The largest absolute Gasteiger partial charge is 0.481 e. The van der Waals surface area contributed by atoms with Gasteiger partial charge in [-0.1, -0.05) is 6.42 Å². The number of nitrogens with zero attached hydrogens (tertiary/aromatic N) is 3. The van der Waals surface area contributed by atoms with Crippen molar-refractivity contribution in [2.45, 2.75) is 37.8 Å². The lowest BCUT2D eigenvalue weighted by atomic mass is 9.85. The highest BCUT2D eigenvalue weighted by molar-refractivity contribution is 5.68. The molecule has 2 heterocycles. The first-order valence-electron chi connectivity index (χ1n) is 8.26. The van der Waals surface area contributed by atoms with Crippen molar-refractivity contribution in [1.82, 2.24) is 9.97 Å². The Hall–Kier alpha value is -1.86. The van der Waals surface area contributed by atoms with Crippen LogP contribution in [0.5, 0.6) is 0 Å². The quantitative estimate of drug-likeness (QED) is 0.912. The maximum absolute atomic E-state index is 13.1. The maximum Gasteiger partial charge on any atom is 0.433 e. The van der Waals surface area contributed by atoms with Gasteiger partial charge in [-0.25, -0.2) is 9.97 Å². The van der Waals surface area contributed by atoms with E-state index < -0.39 is 17.8 Å². The van der Waals surface area contributed by atoms with Crippen molar-refractivity contribution >= 4 is 11.8 Å². The van der Waals surface area contributed by atoms with Crippen LogP contribution in [0.3, 0.4) is 0 Å². The van der Waals surface area contributed by atoms with Crippen LogP contribution < -0.4 is 4.90 Å². The molecule has 0 unspecified atom stereocenters. The molecule has 1 saturated heterocycles. The summed E-state index contributed by atoms with van der Waals surface area (Å²) >= 11 is 0. The van der Waals surface area contributed by atoms with Gasteiger partial charge in [0.15, 0.2) is 0 Å². The van der Waals surface area contributed by atoms with E-state index >= 15 is 0 Å². The molecule has 1 aromatic heterocycles. The van der Waals surface area contributed by atoms with Crippen LogP contribution in [0.15, 0.2) is 6.07 Å². The number of piperidine rings is 1. The topological polar surface area (TPSA) is 66.3 Å². The SMILES string of the molecule is O=C(O)C[C@@H]1[C@H]2CN(c3cc(C(F)(F)F)nc(C4CCC4)n3)C[C@@H]12. The number of hydrogen-bond donors (Lipinski definition) is 1. The summed E-state index contributed by atoms with van der Waals surface area (Å²) in [6, 6.07) is 1.03. The molecule has 3 aliphatic rings. The minimum absolute atomic E-state index is 0.0305. The summed E-state index contributed by atoms with van der Waals surface area (Å²) in [5, 5.41) is 8.86. The molecule has 5 nitrogen and oxygen atoms in total. The predicted octanol–water partition coefficient (Wildman–Crippen LogP) is 2.92. The molecule has 8 heteroatoms. The fourth-order valence-corrected chi connectivity index (χ4v) is 3.95. The summed E-state index contributed by atoms with van der Waals surface area (Å²) < 4.78 is 39.4. The summed E-state index contributed by atoms with van der Waals surface area (Å²) in [4.78, 5) is 20.8. The van der Waals surface area contributed by atoms with Crippen LogP contribution in [-0.4, -0.2) is 34.1 Å². The number of aliphatic carboxylic acids is 1. The molecule has 2 aliphatic carbocycles. The number of alkyl halides is 3. The summed E-state index contributed by atoms with van der Waals surface area (Å²) in [7, 11) is 0. The molecule has 3 fully saturated rings. The van der Waals surface area contributed by atoms with Crippen molar-refractivity contribution in [3.05, 3.63) is 17.6 Å². The highest BCUT2D eigenvalue weighted by atomic mass is 19.4. The van der Waals surface area contributed by atoms with Gasteiger partial charge in [0.25, 0.3) is 0 Å². The first kappa shape index (κ1) is 15.7. The van der Waals surface area contributed by atoms with Crippen LogP contribution in [-0.2, 0) is 11.0 Å². The smallest absolute Gasteiger partial charge is 0.433 e. The second-order valence-corrected chi connectivity index (χ2v) is 7.09. The van der Waals surface area contributed by atoms with E-state index in [4.69, 9.17) is 5.11 Å². The second kappa shape index (κ2) is 5.32. The van der Waals surface area contributed by atoms with Crippen LogP contribution in [0.1, 0.15) is 43.1 Å². The number of halogens is 3. The van der Waals surface area contributed by atoms with Gasteiger partial charge in [0.2, 0.25) is 0 Å². The van der Waals surface area contributed by atoms with Gasteiger partial charge in [-0.05, 0) is 30.6 Å². The standard InChI is InChI=1S/C16H18F3N3O2/c17-16(18,19)12-5-13(21-15(20-12)8-2-1-3-8)22-6-10-9(4-14(23)24)11(10)7-22/h5,8-11H,1-4,6-7H2,(H,23,24)/t9-,10-,11+. The number of aromatic nitrogens is 2. The molecule has 1 aromatic rings. The molecular weight excluding hydrogens is 323 g/mol. The van der Waals surface area contributed by atoms with E-state index in [1.54, 1.807) is 0 Å². The fourth-order valence-electron chi connectivity index (χ4n) is 3.95. The van der Waals surface area contributed by atoms with Crippen molar-refractivity contribution in [2.75, 3.05) is 18.0 Å². The third-order valence-electron chi connectivity index (χ3n) is 5.60. The van der Waals surface area contributed by atoms with E-state index in [0.717, 1.165) is 25.3 Å². The number of fused-ring (bicyclic) bond motifs is 1. The van der Waals surface area contributed by atoms with E-state index in [-0.39, 0.29) is 30.1 Å². The third kappa shape index (κ3) is 2.71. The highest BCUT2D eigenvalue weighted by Crippen LogP contribution is 2.54. The molecule has 0 amide bonds. The molecule has 0 bridgehead atoms. The molecule has 1 aliphatic heterocycles. The number of carboxylic acids is 1. The second-order valence-electron chi connectivity index (χ2n) is 7.09. The van der Waals surface area contributed by atoms with Crippen molar-refractivity contribution < 1.29 is 23.1 Å². The Balaban J connectivity index is 1.54. The number of hydrogen-bond acceptors (Lipinski definition) is 4. The molecular formula is C16H18F3N3O2. The summed E-state index contributed by atoms with van der Waals surface area (Å²) in [6.45, 7) is 1.17. The van der Waals surface area contributed by atoms with E-state index in [2.05, 4.69) is 9.97 Å². The lowest BCUT2D eigenvalue weighted by Gasteiger charge is -2.27. The Bertz CT molecular complexity index is 663. The van der Waals surface area contributed by atoms with Gasteiger partial charge < -0.3 is 10.0 Å². The third-order valence-corrected chi connectivity index (χ3v) is 5.60. The monoisotopic (exact) mass is 341 g/mol. The normalized spacial score (nSPS) is 29.3. The van der Waals surface area contributed by atoms with Gasteiger partial charge in [0.1, 0.15) is 17.3 Å². The van der Waals surface area contributed by atoms with Crippen molar-refractivity contribution in [3.8, 4) is 0 Å². The molecule has 4 rings (SSSR count). The number of anilines is 1. The lowest BCUT2D eigenvalue weighted by molar-refractivity contribution is -0.141. The number of carboxylic acid groups (broad SMARTS) is 1. The van der Waals surface area contributed by atoms with Gasteiger partial charge in [-0.3, -0.25) is 4.79 Å². The van der Waals surface area contributed by atoms with E-state index in [1.165, 1.54) is 0 Å². The summed E-state index contributed by atoms with van der Waals surface area (Å²) in [5.74, 6) is 0.538. The van der Waals surface area contributed by atoms with E-state index in [9.17, 15) is 18.0 Å². The molecule has 0 spiro atoms. The van der Waals surface area contributed by atoms with Crippen molar-refractivity contribution in [1.29, 1.82) is 0 Å². The zero-order valence-corrected chi connectivity index (χ0v) is 13.0. The molecule has 0 aromatic carbocycles. The molecule has 1 N–H and O–H groups in total. The Morgan fingerprint density at radius 1 is 1.25 bits per heavy atom. The van der Waals surface area contributed by atoms with Crippen LogP contribution in [0.2, 0.25) is 0 Å². The molecule has 3 atom stereocenters. The molecule has 24 heavy (non-hydrogen) atoms. The first-order valence-corrected chi connectivity index (χ1v) is 8.26. The summed E-state index contributed by atoms with van der Waals surface area (Å²) in [6.07, 6.45) is -1.65. The Labute approximate surface area is 136 Å². The van der Waals surface area contributed by atoms with Crippen LogP contribution in [0, 0.1) is 17.8 Å². The van der Waals surface area contributed by atoms with Crippen molar-refractivity contribution in [3.63, 3.8) is 0 Å². The van der Waals surface area contributed by atoms with Gasteiger partial charge in [0, 0.05) is 31.5 Å². The molecule has 0 radical (unpaired) electrons. The summed E-state index contributed by atoms with van der Waals surface area (Å²) in [5.41, 5.74) is -0.878. The van der Waals surface area contributed by atoms with Gasteiger partial charge in [-0.2, -0.15) is 13.2 Å². The van der Waals surface area contributed by atoms with Crippen LogP contribution in [0.25, 0.3) is 0 Å². The maximum atomic E-state index is 13.1. The first-order chi connectivity index (χ1) is 11.3. The predicted molar refractivity (Wildman–Crippen MR) is 78.6 cm³/mol. The van der Waals surface area contributed by atoms with E-state index in [0.29, 0.717) is 24.7 Å². The van der Waals surface area contributed by atoms with E-state index in [1.807, 2.05) is 4.90 Å². The average Bonchev–Trinajstić information content (AvgIpc) is 2.89. The lowest BCUT2D eigenvalue weighted by Crippen LogP contribution is -2.27. The zero-order chi connectivity index (χ0) is 17.1. The van der Waals surface area contributed by atoms with Gasteiger partial charge in [-0.15, -0.1) is 0 Å². The van der Waals surface area contributed by atoms with Gasteiger partial charge >= 0.3 is 12.1 Å². The Kier molecular flexibility index (Phi) is 3.47. The minimum atomic E-state index is -4.48. The Morgan fingerprint density at radius 3 is 2.42 bits per heavy atom. The average molecular weight is 341 g/mol.